The molecule has 0 aromatic rings. The van der Waals surface area contributed by atoms with Crippen LogP contribution in [0.3, 0.4) is 0 Å². The fourth-order valence-electron chi connectivity index (χ4n) is 3.40. The van der Waals surface area contributed by atoms with Gasteiger partial charge in [0.25, 0.3) is 0 Å². The summed E-state index contributed by atoms with van der Waals surface area (Å²) in [5, 5.41) is 3.27. The molecule has 23 heavy (non-hydrogen) atoms. The van der Waals surface area contributed by atoms with Crippen LogP contribution in [-0.4, -0.2) is 22.4 Å². The molecular weight excluding hydrogens is 284 g/mol. The van der Waals surface area contributed by atoms with Gasteiger partial charge in [-0.05, 0) is 26.2 Å². The van der Waals surface area contributed by atoms with Gasteiger partial charge in [-0.15, -0.1) is 0 Å². The van der Waals surface area contributed by atoms with Gasteiger partial charge in [0.15, 0.2) is 0 Å². The summed E-state index contributed by atoms with van der Waals surface area (Å²) in [6, 6.07) is -0.178. The van der Waals surface area contributed by atoms with Crippen molar-refractivity contribution in [3.63, 3.8) is 0 Å². The van der Waals surface area contributed by atoms with Gasteiger partial charge in [-0.2, -0.15) is 0 Å². The fraction of sp³-hybridized carbons (Fsp3) is 0.850. The van der Waals surface area contributed by atoms with Gasteiger partial charge >= 0.3 is 0 Å². The molecule has 0 fully saturated rings. The zero-order valence-electron chi connectivity index (χ0n) is 17.4. The molecule has 0 aromatic heterocycles. The molecule has 1 heterocycles. The maximum atomic E-state index is 13.0. The predicted molar refractivity (Wildman–Crippen MR) is 98.9 cm³/mol. The lowest BCUT2D eigenvalue weighted by Gasteiger charge is -2.56. The van der Waals surface area contributed by atoms with Gasteiger partial charge in [-0.1, -0.05) is 62.3 Å². The van der Waals surface area contributed by atoms with Crippen molar-refractivity contribution < 1.29 is 4.79 Å². The first kappa shape index (κ1) is 20.1. The summed E-state index contributed by atoms with van der Waals surface area (Å²) in [5.74, 6) is 0.116. The third-order valence-electron chi connectivity index (χ3n) is 4.24. The molecule has 1 aliphatic rings. The van der Waals surface area contributed by atoms with E-state index in [1.807, 2.05) is 0 Å². The highest BCUT2D eigenvalue weighted by Crippen LogP contribution is 2.46. The standard InChI is InChI=1S/C20H38N2O/c1-17(2,3)13-14(18(4,5)6)22(20(10,11)12)15(16(23)21-13)19(7,8)9/h15H,1-12H3,(H,21,23). The Bertz CT molecular complexity index is 502. The summed E-state index contributed by atoms with van der Waals surface area (Å²) in [7, 11) is 0. The van der Waals surface area contributed by atoms with Crippen LogP contribution in [0.1, 0.15) is 83.1 Å². The Labute approximate surface area is 143 Å². The van der Waals surface area contributed by atoms with Crippen LogP contribution in [0.15, 0.2) is 11.4 Å². The molecule has 1 amide bonds. The van der Waals surface area contributed by atoms with E-state index in [9.17, 15) is 4.79 Å². The van der Waals surface area contributed by atoms with Crippen LogP contribution in [-0.2, 0) is 4.79 Å². The molecule has 0 saturated heterocycles. The number of allylic oxidation sites excluding steroid dienone is 2. The van der Waals surface area contributed by atoms with Gasteiger partial charge in [0.1, 0.15) is 6.04 Å². The second kappa shape index (κ2) is 5.53. The number of amides is 1. The molecule has 0 bridgehead atoms. The maximum absolute atomic E-state index is 13.0. The first-order valence-corrected chi connectivity index (χ1v) is 8.74. The number of hydrogen-bond donors (Lipinski definition) is 1. The van der Waals surface area contributed by atoms with E-state index in [4.69, 9.17) is 0 Å². The molecule has 134 valence electrons. The average molecular weight is 323 g/mol. The minimum absolute atomic E-state index is 0.0485. The highest BCUT2D eigenvalue weighted by Gasteiger charge is 2.49. The second-order valence-corrected chi connectivity index (χ2v) is 11.0. The Hall–Kier alpha value is -0.990. The van der Waals surface area contributed by atoms with E-state index in [0.717, 1.165) is 5.70 Å². The van der Waals surface area contributed by atoms with E-state index in [2.05, 4.69) is 93.3 Å². The van der Waals surface area contributed by atoms with Crippen molar-refractivity contribution in [1.82, 2.24) is 10.2 Å². The van der Waals surface area contributed by atoms with Crippen LogP contribution in [0.25, 0.3) is 0 Å². The van der Waals surface area contributed by atoms with Crippen LogP contribution < -0.4 is 5.32 Å². The number of hydrogen-bond acceptors (Lipinski definition) is 2. The minimum atomic E-state index is -0.178. The lowest BCUT2D eigenvalue weighted by molar-refractivity contribution is -0.134. The lowest BCUT2D eigenvalue weighted by atomic mass is 9.74. The van der Waals surface area contributed by atoms with E-state index in [1.54, 1.807) is 0 Å². The Morgan fingerprint density at radius 3 is 1.48 bits per heavy atom. The first-order valence-electron chi connectivity index (χ1n) is 8.74. The molecule has 1 N–H and O–H groups in total. The van der Waals surface area contributed by atoms with E-state index in [0.29, 0.717) is 0 Å². The second-order valence-electron chi connectivity index (χ2n) is 11.0. The molecule has 1 aliphatic heterocycles. The molecule has 0 spiro atoms. The molecule has 1 rings (SSSR count). The van der Waals surface area contributed by atoms with Crippen molar-refractivity contribution in [2.24, 2.45) is 16.2 Å². The molecule has 0 radical (unpaired) electrons. The zero-order chi connectivity index (χ0) is 18.6. The zero-order valence-corrected chi connectivity index (χ0v) is 17.4. The summed E-state index contributed by atoms with van der Waals surface area (Å²) >= 11 is 0. The van der Waals surface area contributed by atoms with Gasteiger partial charge in [-0.25, -0.2) is 0 Å². The van der Waals surface area contributed by atoms with Crippen LogP contribution >= 0.6 is 0 Å². The summed E-state index contributed by atoms with van der Waals surface area (Å²) in [6.45, 7) is 26.3. The number of carbonyl (C=O) groups excluding carboxylic acids is 1. The topological polar surface area (TPSA) is 32.3 Å². The lowest BCUT2D eigenvalue weighted by Crippen LogP contribution is -2.64. The van der Waals surface area contributed by atoms with Crippen molar-refractivity contribution in [2.75, 3.05) is 0 Å². The Morgan fingerprint density at radius 2 is 1.22 bits per heavy atom. The molecule has 0 saturated carbocycles. The van der Waals surface area contributed by atoms with Crippen molar-refractivity contribution in [3.8, 4) is 0 Å². The summed E-state index contributed by atoms with van der Waals surface area (Å²) in [6.07, 6.45) is 0. The van der Waals surface area contributed by atoms with E-state index in [-0.39, 0.29) is 33.7 Å². The third kappa shape index (κ3) is 4.10. The maximum Gasteiger partial charge on any atom is 0.247 e. The highest BCUT2D eigenvalue weighted by molar-refractivity contribution is 5.86. The van der Waals surface area contributed by atoms with Crippen molar-refractivity contribution in [2.45, 2.75) is 94.7 Å². The number of nitrogens with zero attached hydrogens (tertiary/aromatic N) is 1. The van der Waals surface area contributed by atoms with Gasteiger partial charge < -0.3 is 10.2 Å². The van der Waals surface area contributed by atoms with E-state index >= 15 is 0 Å². The van der Waals surface area contributed by atoms with Crippen molar-refractivity contribution in [1.29, 1.82) is 0 Å². The summed E-state index contributed by atoms with van der Waals surface area (Å²) in [4.78, 5) is 15.4. The molecule has 1 atom stereocenters. The molecule has 3 heteroatoms. The average Bonchev–Trinajstić information content (AvgIpc) is 2.21. The highest BCUT2D eigenvalue weighted by atomic mass is 16.2. The first-order chi connectivity index (χ1) is 9.88. The SMILES string of the molecule is CC(C)(C)C1=C(C(C)(C)C)N(C(C)(C)C)C(C(C)(C)C)C(=O)N1. The van der Waals surface area contributed by atoms with Gasteiger partial charge in [0, 0.05) is 27.8 Å². The van der Waals surface area contributed by atoms with E-state index in [1.165, 1.54) is 5.70 Å². The van der Waals surface area contributed by atoms with Crippen LogP contribution in [0.4, 0.5) is 0 Å². The van der Waals surface area contributed by atoms with Gasteiger partial charge in [-0.3, -0.25) is 4.79 Å². The van der Waals surface area contributed by atoms with Crippen LogP contribution in [0.5, 0.6) is 0 Å². The van der Waals surface area contributed by atoms with Crippen LogP contribution in [0.2, 0.25) is 0 Å². The molecule has 3 nitrogen and oxygen atoms in total. The normalized spacial score (nSPS) is 21.7. The fourth-order valence-corrected chi connectivity index (χ4v) is 3.40. The number of carbonyl (C=O) groups is 1. The molecule has 0 aliphatic carbocycles. The van der Waals surface area contributed by atoms with Gasteiger partial charge in [0.05, 0.1) is 0 Å². The van der Waals surface area contributed by atoms with Gasteiger partial charge in [0.2, 0.25) is 5.91 Å². The monoisotopic (exact) mass is 322 g/mol. The quantitative estimate of drug-likeness (QED) is 0.685. The van der Waals surface area contributed by atoms with Crippen molar-refractivity contribution in [3.05, 3.63) is 11.4 Å². The Kier molecular flexibility index (Phi) is 4.82. The third-order valence-corrected chi connectivity index (χ3v) is 4.24. The summed E-state index contributed by atoms with van der Waals surface area (Å²) < 4.78 is 0. The smallest absolute Gasteiger partial charge is 0.247 e. The minimum Gasteiger partial charge on any atom is -0.356 e. The number of nitrogens with one attached hydrogen (secondary N) is 1. The molecule has 1 unspecified atom stereocenters. The Balaban J connectivity index is 3.81. The van der Waals surface area contributed by atoms with E-state index < -0.39 is 0 Å². The predicted octanol–water partition coefficient (Wildman–Crippen LogP) is 4.94. The number of rotatable bonds is 0. The van der Waals surface area contributed by atoms with Crippen LogP contribution in [0, 0.1) is 16.2 Å². The molecule has 0 aromatic carbocycles. The largest absolute Gasteiger partial charge is 0.356 e. The Morgan fingerprint density at radius 1 is 0.783 bits per heavy atom. The molecular formula is C20H38N2O. The summed E-state index contributed by atoms with van der Waals surface area (Å²) in [5.41, 5.74) is 1.89. The van der Waals surface area contributed by atoms with Crippen molar-refractivity contribution >= 4 is 5.91 Å².